The Morgan fingerprint density at radius 2 is 1.00 bits per heavy atom. The van der Waals surface area contributed by atoms with Crippen LogP contribution in [0.4, 0.5) is 0 Å². The van der Waals surface area contributed by atoms with Crippen molar-refractivity contribution < 1.29 is 19.1 Å². The Bertz CT molecular complexity index is 842. The second kappa shape index (κ2) is 12.6. The predicted molar refractivity (Wildman–Crippen MR) is 132 cm³/mol. The van der Waals surface area contributed by atoms with Crippen molar-refractivity contribution in [1.82, 2.24) is 0 Å². The van der Waals surface area contributed by atoms with E-state index in [1.165, 1.54) is 25.7 Å². The highest BCUT2D eigenvalue weighted by molar-refractivity contribution is 6.15. The molecule has 178 valence electrons. The average molecular weight is 451 g/mol. The molecule has 0 atom stereocenters. The fraction of sp³-hybridized carbons (Fsp3) is 0.517. The van der Waals surface area contributed by atoms with Crippen LogP contribution in [-0.2, 0) is 24.5 Å². The Balaban J connectivity index is 1.83. The summed E-state index contributed by atoms with van der Waals surface area (Å²) in [5, 5.41) is 0. The summed E-state index contributed by atoms with van der Waals surface area (Å²) in [5.74, 6) is -1.04. The highest BCUT2D eigenvalue weighted by Crippen LogP contribution is 2.50. The zero-order valence-corrected chi connectivity index (χ0v) is 20.2. The third-order valence-corrected chi connectivity index (χ3v) is 6.53. The number of rotatable bonds is 14. The first kappa shape index (κ1) is 25.0. The van der Waals surface area contributed by atoms with Crippen LogP contribution in [0.3, 0.4) is 0 Å². The lowest BCUT2D eigenvalue weighted by molar-refractivity contribution is -0.162. The standard InChI is InChI=1S/C29H38O4/c1-3-5-7-9-15-21-32-27(30)29(28(31)33-22-16-10-8-6-4-2)25-19-13-11-17-23(25)24-18-12-14-20-26(24)29/h11-14,17-20H,3-10,15-16,21-22H2,1-2H3. The van der Waals surface area contributed by atoms with Crippen LogP contribution in [0.1, 0.15) is 89.2 Å². The quantitative estimate of drug-likeness (QED) is 0.177. The van der Waals surface area contributed by atoms with Crippen LogP contribution in [-0.4, -0.2) is 25.2 Å². The number of unbranched alkanes of at least 4 members (excludes halogenated alkanes) is 8. The first-order valence-electron chi connectivity index (χ1n) is 12.7. The first-order valence-corrected chi connectivity index (χ1v) is 12.7. The van der Waals surface area contributed by atoms with Gasteiger partial charge in [0.2, 0.25) is 5.41 Å². The molecule has 0 N–H and O–H groups in total. The van der Waals surface area contributed by atoms with Crippen molar-refractivity contribution in [2.45, 2.75) is 83.5 Å². The zero-order valence-electron chi connectivity index (χ0n) is 20.2. The zero-order chi connectivity index (χ0) is 23.5. The molecule has 0 amide bonds. The van der Waals surface area contributed by atoms with Crippen LogP contribution in [0.2, 0.25) is 0 Å². The van der Waals surface area contributed by atoms with E-state index in [1.54, 1.807) is 0 Å². The fourth-order valence-corrected chi connectivity index (χ4v) is 4.72. The van der Waals surface area contributed by atoms with Crippen molar-refractivity contribution in [3.05, 3.63) is 59.7 Å². The normalized spacial score (nSPS) is 13.3. The molecule has 0 fully saturated rings. The molecular weight excluding hydrogens is 412 g/mol. The van der Waals surface area contributed by atoms with E-state index in [9.17, 15) is 9.59 Å². The molecule has 1 aliphatic carbocycles. The number of carbonyl (C=O) groups is 2. The van der Waals surface area contributed by atoms with Gasteiger partial charge in [-0.1, -0.05) is 114 Å². The van der Waals surface area contributed by atoms with Crippen LogP contribution in [0.5, 0.6) is 0 Å². The fourth-order valence-electron chi connectivity index (χ4n) is 4.72. The van der Waals surface area contributed by atoms with Gasteiger partial charge >= 0.3 is 11.9 Å². The van der Waals surface area contributed by atoms with Gasteiger partial charge in [0.25, 0.3) is 0 Å². The summed E-state index contributed by atoms with van der Waals surface area (Å²) in [6, 6.07) is 15.3. The molecule has 2 aromatic rings. The summed E-state index contributed by atoms with van der Waals surface area (Å²) >= 11 is 0. The smallest absolute Gasteiger partial charge is 0.332 e. The molecule has 0 spiro atoms. The molecule has 4 nitrogen and oxygen atoms in total. The van der Waals surface area contributed by atoms with E-state index in [2.05, 4.69) is 13.8 Å². The minimum Gasteiger partial charge on any atom is -0.464 e. The van der Waals surface area contributed by atoms with Crippen molar-refractivity contribution in [3.8, 4) is 11.1 Å². The van der Waals surface area contributed by atoms with Gasteiger partial charge in [0.05, 0.1) is 13.2 Å². The minimum absolute atomic E-state index is 0.318. The molecule has 3 rings (SSSR count). The Morgan fingerprint density at radius 3 is 1.42 bits per heavy atom. The Morgan fingerprint density at radius 1 is 0.606 bits per heavy atom. The summed E-state index contributed by atoms with van der Waals surface area (Å²) < 4.78 is 11.5. The minimum atomic E-state index is -1.56. The van der Waals surface area contributed by atoms with Crippen LogP contribution in [0.25, 0.3) is 11.1 Å². The highest BCUT2D eigenvalue weighted by atomic mass is 16.6. The van der Waals surface area contributed by atoms with Crippen LogP contribution < -0.4 is 0 Å². The molecule has 0 saturated carbocycles. The monoisotopic (exact) mass is 450 g/mol. The van der Waals surface area contributed by atoms with Gasteiger partial charge in [-0.2, -0.15) is 0 Å². The van der Waals surface area contributed by atoms with E-state index in [1.807, 2.05) is 48.5 Å². The molecule has 0 radical (unpaired) electrons. The van der Waals surface area contributed by atoms with Crippen molar-refractivity contribution in [1.29, 1.82) is 0 Å². The molecule has 0 aromatic heterocycles. The number of ether oxygens (including phenoxy) is 2. The topological polar surface area (TPSA) is 52.6 Å². The van der Waals surface area contributed by atoms with Crippen LogP contribution >= 0.6 is 0 Å². The number of carbonyl (C=O) groups excluding carboxylic acids is 2. The predicted octanol–water partition coefficient (Wildman–Crippen LogP) is 6.98. The Hall–Kier alpha value is -2.62. The van der Waals surface area contributed by atoms with Crippen molar-refractivity contribution in [3.63, 3.8) is 0 Å². The third-order valence-electron chi connectivity index (χ3n) is 6.53. The number of esters is 2. The first-order chi connectivity index (χ1) is 16.2. The number of fused-ring (bicyclic) bond motifs is 3. The second-order valence-electron chi connectivity index (χ2n) is 8.94. The molecule has 1 aliphatic rings. The van der Waals surface area contributed by atoms with Gasteiger partial charge < -0.3 is 9.47 Å². The van der Waals surface area contributed by atoms with Gasteiger partial charge in [0.15, 0.2) is 0 Å². The van der Waals surface area contributed by atoms with Gasteiger partial charge in [-0.25, -0.2) is 0 Å². The summed E-state index contributed by atoms with van der Waals surface area (Å²) in [6.07, 6.45) is 10.6. The molecular formula is C29H38O4. The van der Waals surface area contributed by atoms with Crippen molar-refractivity contribution in [2.75, 3.05) is 13.2 Å². The molecule has 0 aliphatic heterocycles. The maximum absolute atomic E-state index is 13.7. The number of hydrogen-bond acceptors (Lipinski definition) is 4. The van der Waals surface area contributed by atoms with Gasteiger partial charge in [0.1, 0.15) is 0 Å². The third kappa shape index (κ3) is 5.48. The Kier molecular flexibility index (Phi) is 9.53. The summed E-state index contributed by atoms with van der Waals surface area (Å²) in [4.78, 5) is 27.3. The summed E-state index contributed by atoms with van der Waals surface area (Å²) in [7, 11) is 0. The average Bonchev–Trinajstić information content (AvgIpc) is 3.15. The lowest BCUT2D eigenvalue weighted by atomic mass is 9.78. The lowest BCUT2D eigenvalue weighted by Crippen LogP contribution is -2.46. The van der Waals surface area contributed by atoms with E-state index >= 15 is 0 Å². The molecule has 0 saturated heterocycles. The molecule has 0 heterocycles. The molecule has 0 unspecified atom stereocenters. The van der Waals surface area contributed by atoms with E-state index in [0.717, 1.165) is 49.7 Å². The van der Waals surface area contributed by atoms with Gasteiger partial charge in [-0.3, -0.25) is 9.59 Å². The SMILES string of the molecule is CCCCCCCOC(=O)C1(C(=O)OCCCCCCC)c2ccccc2-c2ccccc21. The largest absolute Gasteiger partial charge is 0.464 e. The lowest BCUT2D eigenvalue weighted by Gasteiger charge is -2.27. The number of hydrogen-bond donors (Lipinski definition) is 0. The molecule has 2 aromatic carbocycles. The summed E-state index contributed by atoms with van der Waals surface area (Å²) in [5.41, 5.74) is 1.57. The van der Waals surface area contributed by atoms with E-state index in [0.29, 0.717) is 24.3 Å². The van der Waals surface area contributed by atoms with Crippen LogP contribution in [0, 0.1) is 0 Å². The Labute approximate surface area is 198 Å². The van der Waals surface area contributed by atoms with Crippen LogP contribution in [0.15, 0.2) is 48.5 Å². The maximum Gasteiger partial charge on any atom is 0.332 e. The molecule has 33 heavy (non-hydrogen) atoms. The van der Waals surface area contributed by atoms with E-state index in [-0.39, 0.29) is 0 Å². The van der Waals surface area contributed by atoms with Gasteiger partial charge in [0, 0.05) is 0 Å². The molecule has 0 bridgehead atoms. The summed E-state index contributed by atoms with van der Waals surface area (Å²) in [6.45, 7) is 4.99. The second-order valence-corrected chi connectivity index (χ2v) is 8.94. The van der Waals surface area contributed by atoms with Gasteiger partial charge in [-0.15, -0.1) is 0 Å². The molecule has 4 heteroatoms. The van der Waals surface area contributed by atoms with E-state index < -0.39 is 17.4 Å². The number of benzene rings is 2. The van der Waals surface area contributed by atoms with Gasteiger partial charge in [-0.05, 0) is 35.1 Å². The maximum atomic E-state index is 13.7. The highest BCUT2D eigenvalue weighted by Gasteiger charge is 2.57. The van der Waals surface area contributed by atoms with E-state index in [4.69, 9.17) is 9.47 Å². The van der Waals surface area contributed by atoms with Crippen molar-refractivity contribution >= 4 is 11.9 Å². The van der Waals surface area contributed by atoms with Crippen molar-refractivity contribution in [2.24, 2.45) is 0 Å².